The molecule has 0 spiro atoms. The summed E-state index contributed by atoms with van der Waals surface area (Å²) in [4.78, 5) is 17.7. The van der Waals surface area contributed by atoms with Crippen molar-refractivity contribution >= 4 is 32.9 Å². The predicted octanol–water partition coefficient (Wildman–Crippen LogP) is 2.06. The lowest BCUT2D eigenvalue weighted by molar-refractivity contribution is 0.399. The maximum atomic E-state index is 13.4. The number of nitrogens with one attached hydrogen (secondary N) is 2. The van der Waals surface area contributed by atoms with Crippen molar-refractivity contribution in [2.75, 3.05) is 59.7 Å². The van der Waals surface area contributed by atoms with Crippen molar-refractivity contribution in [3.05, 3.63) is 52.3 Å². The highest BCUT2D eigenvalue weighted by Gasteiger charge is 2.19. The Morgan fingerprint density at radius 1 is 0.933 bits per heavy atom. The van der Waals surface area contributed by atoms with Crippen LogP contribution in [0.3, 0.4) is 0 Å². The Balaban J connectivity index is 1.83. The standard InChI is InChI=1S/C23H30N6O/c1-27(2)13-11-24-15-19-16-9-10-18(25-12-14-28(3)4)21-22(16)29(26-19)20-8-6-5-7-17(20)23(21)30/h5-10,24-25H,11-15H2,1-4H3. The summed E-state index contributed by atoms with van der Waals surface area (Å²) in [6, 6.07) is 11.8. The molecule has 4 aromatic rings. The molecule has 4 rings (SSSR count). The number of aromatic nitrogens is 2. The summed E-state index contributed by atoms with van der Waals surface area (Å²) in [5.74, 6) is 0. The Morgan fingerprint density at radius 2 is 1.67 bits per heavy atom. The van der Waals surface area contributed by atoms with E-state index >= 15 is 0 Å². The highest BCUT2D eigenvalue weighted by molar-refractivity contribution is 6.08. The maximum absolute atomic E-state index is 13.4. The average molecular weight is 407 g/mol. The van der Waals surface area contributed by atoms with E-state index in [2.05, 4.69) is 40.6 Å². The van der Waals surface area contributed by atoms with Crippen molar-refractivity contribution in [2.45, 2.75) is 6.54 Å². The van der Waals surface area contributed by atoms with Gasteiger partial charge in [-0.15, -0.1) is 0 Å². The number of benzene rings is 2. The van der Waals surface area contributed by atoms with E-state index in [1.54, 1.807) is 0 Å². The van der Waals surface area contributed by atoms with Gasteiger partial charge in [0.2, 0.25) is 0 Å². The average Bonchev–Trinajstić information content (AvgIpc) is 3.08. The van der Waals surface area contributed by atoms with Crippen LogP contribution in [-0.2, 0) is 6.54 Å². The molecule has 2 aromatic heterocycles. The number of fused-ring (bicyclic) bond motifs is 2. The van der Waals surface area contributed by atoms with Gasteiger partial charge in [-0.2, -0.15) is 5.10 Å². The highest BCUT2D eigenvalue weighted by Crippen LogP contribution is 2.30. The van der Waals surface area contributed by atoms with E-state index in [-0.39, 0.29) is 5.43 Å². The number of pyridine rings is 1. The van der Waals surface area contributed by atoms with Gasteiger partial charge >= 0.3 is 0 Å². The molecule has 0 aliphatic carbocycles. The molecule has 158 valence electrons. The molecule has 0 bridgehead atoms. The van der Waals surface area contributed by atoms with Crippen molar-refractivity contribution in [1.29, 1.82) is 0 Å². The third kappa shape index (κ3) is 3.84. The molecule has 0 amide bonds. The largest absolute Gasteiger partial charge is 0.383 e. The lowest BCUT2D eigenvalue weighted by atomic mass is 10.1. The third-order valence-corrected chi connectivity index (χ3v) is 5.43. The van der Waals surface area contributed by atoms with E-state index < -0.39 is 0 Å². The first-order valence-electron chi connectivity index (χ1n) is 10.4. The second-order valence-corrected chi connectivity index (χ2v) is 8.30. The minimum atomic E-state index is 0.0584. The molecule has 7 nitrogen and oxygen atoms in total. The zero-order valence-corrected chi connectivity index (χ0v) is 18.2. The molecule has 2 N–H and O–H groups in total. The summed E-state index contributed by atoms with van der Waals surface area (Å²) in [6.07, 6.45) is 0. The second kappa shape index (κ2) is 8.55. The highest BCUT2D eigenvalue weighted by atomic mass is 16.1. The van der Waals surface area contributed by atoms with Crippen LogP contribution >= 0.6 is 0 Å². The Labute approximate surface area is 176 Å². The molecular weight excluding hydrogens is 376 g/mol. The zero-order valence-electron chi connectivity index (χ0n) is 18.2. The molecular formula is C23H30N6O. The third-order valence-electron chi connectivity index (χ3n) is 5.43. The van der Waals surface area contributed by atoms with E-state index in [1.165, 1.54) is 0 Å². The van der Waals surface area contributed by atoms with E-state index in [0.717, 1.165) is 59.4 Å². The lowest BCUT2D eigenvalue weighted by Crippen LogP contribution is -2.26. The quantitative estimate of drug-likeness (QED) is 0.328. The van der Waals surface area contributed by atoms with Crippen LogP contribution in [0, 0.1) is 0 Å². The fourth-order valence-electron chi connectivity index (χ4n) is 3.86. The minimum Gasteiger partial charge on any atom is -0.383 e. The fraction of sp³-hybridized carbons (Fsp3) is 0.391. The molecule has 0 aliphatic rings. The number of anilines is 1. The van der Waals surface area contributed by atoms with Gasteiger partial charge in [0.05, 0.1) is 22.1 Å². The van der Waals surface area contributed by atoms with Crippen LogP contribution in [0.25, 0.3) is 27.2 Å². The summed E-state index contributed by atoms with van der Waals surface area (Å²) in [6.45, 7) is 4.18. The molecule has 2 aromatic carbocycles. The van der Waals surface area contributed by atoms with Gasteiger partial charge in [-0.05, 0) is 52.5 Å². The predicted molar refractivity (Wildman–Crippen MR) is 125 cm³/mol. The van der Waals surface area contributed by atoms with E-state index in [9.17, 15) is 4.79 Å². The van der Waals surface area contributed by atoms with Gasteiger partial charge in [-0.3, -0.25) is 4.79 Å². The van der Waals surface area contributed by atoms with Crippen LogP contribution in [0.2, 0.25) is 0 Å². The number of likely N-dealkylation sites (N-methyl/N-ethyl adjacent to an activating group) is 2. The Kier molecular flexibility index (Phi) is 5.85. The number of nitrogens with zero attached hydrogens (tertiary/aromatic N) is 4. The van der Waals surface area contributed by atoms with Crippen LogP contribution in [-0.4, -0.2) is 73.8 Å². The summed E-state index contributed by atoms with van der Waals surface area (Å²) < 4.78 is 1.95. The molecule has 0 aliphatic heterocycles. The molecule has 0 saturated carbocycles. The SMILES string of the molecule is CN(C)CCNCc1nn2c3ccccc3c(=O)c3c(NCCN(C)C)ccc1c32. The number of rotatable bonds is 9. The van der Waals surface area contributed by atoms with E-state index in [1.807, 2.05) is 48.9 Å². The zero-order chi connectivity index (χ0) is 21.3. The number of para-hydroxylation sites is 1. The number of hydrogen-bond acceptors (Lipinski definition) is 6. The van der Waals surface area contributed by atoms with Gasteiger partial charge in [0.15, 0.2) is 5.43 Å². The number of hydrogen-bond donors (Lipinski definition) is 2. The first kappa shape index (κ1) is 20.5. The van der Waals surface area contributed by atoms with Crippen molar-refractivity contribution in [3.8, 4) is 0 Å². The fourth-order valence-corrected chi connectivity index (χ4v) is 3.86. The van der Waals surface area contributed by atoms with Crippen molar-refractivity contribution in [2.24, 2.45) is 0 Å². The smallest absolute Gasteiger partial charge is 0.199 e. The van der Waals surface area contributed by atoms with Crippen LogP contribution in [0.1, 0.15) is 5.69 Å². The van der Waals surface area contributed by atoms with Gasteiger partial charge < -0.3 is 20.4 Å². The Bertz CT molecular complexity index is 1210. The molecule has 0 fully saturated rings. The molecule has 7 heteroatoms. The van der Waals surface area contributed by atoms with Crippen LogP contribution in [0.5, 0.6) is 0 Å². The molecule has 0 saturated heterocycles. The first-order valence-corrected chi connectivity index (χ1v) is 10.4. The summed E-state index contributed by atoms with van der Waals surface area (Å²) >= 11 is 0. The first-order chi connectivity index (χ1) is 14.5. The normalized spacial score (nSPS) is 12.2. The van der Waals surface area contributed by atoms with Crippen molar-refractivity contribution in [1.82, 2.24) is 24.7 Å². The maximum Gasteiger partial charge on any atom is 0.199 e. The van der Waals surface area contributed by atoms with Gasteiger partial charge in [0, 0.05) is 49.2 Å². The van der Waals surface area contributed by atoms with Crippen LogP contribution in [0.15, 0.2) is 41.2 Å². The van der Waals surface area contributed by atoms with E-state index in [4.69, 9.17) is 5.10 Å². The summed E-state index contributed by atoms with van der Waals surface area (Å²) in [5.41, 5.74) is 3.65. The minimum absolute atomic E-state index is 0.0584. The van der Waals surface area contributed by atoms with Crippen molar-refractivity contribution < 1.29 is 0 Å². The molecule has 0 atom stereocenters. The Hall–Kier alpha value is -2.74. The van der Waals surface area contributed by atoms with E-state index in [0.29, 0.717) is 11.9 Å². The second-order valence-electron chi connectivity index (χ2n) is 8.30. The van der Waals surface area contributed by atoms with Gasteiger partial charge in [-0.25, -0.2) is 4.52 Å². The molecule has 2 heterocycles. The topological polar surface area (TPSA) is 64.9 Å². The molecule has 0 radical (unpaired) electrons. The van der Waals surface area contributed by atoms with Crippen LogP contribution < -0.4 is 16.1 Å². The van der Waals surface area contributed by atoms with Gasteiger partial charge in [-0.1, -0.05) is 12.1 Å². The molecule has 30 heavy (non-hydrogen) atoms. The summed E-state index contributed by atoms with van der Waals surface area (Å²) in [7, 11) is 8.21. The Morgan fingerprint density at radius 3 is 2.43 bits per heavy atom. The molecule has 0 unspecified atom stereocenters. The van der Waals surface area contributed by atoms with Gasteiger partial charge in [0.1, 0.15) is 0 Å². The summed E-state index contributed by atoms with van der Waals surface area (Å²) in [5, 5.41) is 14.3. The monoisotopic (exact) mass is 406 g/mol. The van der Waals surface area contributed by atoms with Gasteiger partial charge in [0.25, 0.3) is 0 Å². The van der Waals surface area contributed by atoms with Crippen LogP contribution in [0.4, 0.5) is 5.69 Å². The lowest BCUT2D eigenvalue weighted by Gasteiger charge is -2.14. The van der Waals surface area contributed by atoms with Crippen molar-refractivity contribution in [3.63, 3.8) is 0 Å².